The molecule has 2 aromatic rings. The first kappa shape index (κ1) is 20.3. The molecule has 0 radical (unpaired) electrons. The van der Waals surface area contributed by atoms with Gasteiger partial charge in [-0.3, -0.25) is 4.79 Å². The number of benzene rings is 1. The maximum atomic E-state index is 14.2. The lowest BCUT2D eigenvalue weighted by molar-refractivity contribution is -0.131. The number of aromatic nitrogens is 2. The number of hydrogen-bond donors (Lipinski definition) is 2. The van der Waals surface area contributed by atoms with Gasteiger partial charge < -0.3 is 25.3 Å². The Hall–Kier alpha value is -2.94. The highest BCUT2D eigenvalue weighted by atomic mass is 19.1. The van der Waals surface area contributed by atoms with Crippen LogP contribution in [0.1, 0.15) is 13.3 Å². The van der Waals surface area contributed by atoms with Crippen LogP contribution in [-0.2, 0) is 4.79 Å². The molecule has 2 fully saturated rings. The van der Waals surface area contributed by atoms with E-state index >= 15 is 0 Å². The van der Waals surface area contributed by atoms with Crippen LogP contribution in [0.5, 0.6) is 0 Å². The van der Waals surface area contributed by atoms with Crippen molar-refractivity contribution in [2.24, 2.45) is 0 Å². The topological polar surface area (TPSA) is 76.6 Å². The van der Waals surface area contributed by atoms with Gasteiger partial charge in [0.05, 0.1) is 6.20 Å². The van der Waals surface area contributed by atoms with Crippen molar-refractivity contribution in [1.82, 2.24) is 20.2 Å². The Kier molecular flexibility index (Phi) is 6.27. The van der Waals surface area contributed by atoms with E-state index in [0.717, 1.165) is 63.7 Å². The summed E-state index contributed by atoms with van der Waals surface area (Å²) in [7, 11) is 0. The zero-order chi connectivity index (χ0) is 20.9. The Bertz CT molecular complexity index is 862. The first-order chi connectivity index (χ1) is 14.6. The number of amides is 1. The summed E-state index contributed by atoms with van der Waals surface area (Å²) in [6, 6.07) is 8.02. The highest BCUT2D eigenvalue weighted by Gasteiger charge is 2.20. The fraction of sp³-hybridized carbons (Fsp3) is 0.476. The van der Waals surface area contributed by atoms with Crippen LogP contribution >= 0.6 is 0 Å². The Morgan fingerprint density at radius 1 is 1.07 bits per heavy atom. The molecular formula is C21H28FN7O. The summed E-state index contributed by atoms with van der Waals surface area (Å²) in [4.78, 5) is 26.4. The number of rotatable bonds is 5. The van der Waals surface area contributed by atoms with Crippen molar-refractivity contribution in [2.75, 3.05) is 67.5 Å². The average molecular weight is 414 g/mol. The van der Waals surface area contributed by atoms with Crippen LogP contribution in [0.3, 0.4) is 0 Å². The lowest BCUT2D eigenvalue weighted by Crippen LogP contribution is -2.48. The van der Waals surface area contributed by atoms with Gasteiger partial charge in [-0.25, -0.2) is 9.37 Å². The minimum Gasteiger partial charge on any atom is -0.368 e. The molecule has 30 heavy (non-hydrogen) atoms. The van der Waals surface area contributed by atoms with Crippen molar-refractivity contribution < 1.29 is 9.18 Å². The number of piperazine rings is 2. The molecule has 0 atom stereocenters. The summed E-state index contributed by atoms with van der Waals surface area (Å²) in [6.45, 7) is 8.14. The van der Waals surface area contributed by atoms with Gasteiger partial charge in [0, 0.05) is 70.2 Å². The third kappa shape index (κ3) is 4.62. The monoisotopic (exact) mass is 413 g/mol. The van der Waals surface area contributed by atoms with Gasteiger partial charge in [0.2, 0.25) is 11.9 Å². The molecule has 8 nitrogen and oxygen atoms in total. The number of carbonyl (C=O) groups is 1. The Morgan fingerprint density at radius 2 is 1.77 bits per heavy atom. The number of hydrogen-bond acceptors (Lipinski definition) is 7. The maximum absolute atomic E-state index is 14.2. The van der Waals surface area contributed by atoms with E-state index in [1.807, 2.05) is 41.0 Å². The zero-order valence-electron chi connectivity index (χ0n) is 17.3. The average Bonchev–Trinajstić information content (AvgIpc) is 2.81. The van der Waals surface area contributed by atoms with Gasteiger partial charge in [0.15, 0.2) is 11.6 Å². The fourth-order valence-corrected chi connectivity index (χ4v) is 3.84. The largest absolute Gasteiger partial charge is 0.368 e. The first-order valence-corrected chi connectivity index (χ1v) is 10.5. The molecule has 2 N–H and O–H groups in total. The van der Waals surface area contributed by atoms with Gasteiger partial charge in [-0.05, 0) is 24.3 Å². The normalized spacial score (nSPS) is 17.2. The van der Waals surface area contributed by atoms with Crippen LogP contribution in [-0.4, -0.2) is 73.1 Å². The molecule has 160 valence electrons. The molecule has 2 saturated heterocycles. The van der Waals surface area contributed by atoms with Crippen molar-refractivity contribution in [2.45, 2.75) is 13.3 Å². The maximum Gasteiger partial charge on any atom is 0.229 e. The second-order valence-electron chi connectivity index (χ2n) is 7.50. The molecule has 2 aliphatic heterocycles. The highest BCUT2D eigenvalue weighted by molar-refractivity contribution is 5.76. The Labute approximate surface area is 176 Å². The van der Waals surface area contributed by atoms with E-state index in [0.29, 0.717) is 18.2 Å². The lowest BCUT2D eigenvalue weighted by Gasteiger charge is -2.36. The molecule has 1 aromatic heterocycles. The number of carbonyl (C=O) groups excluding carboxylic acids is 1. The Morgan fingerprint density at radius 3 is 2.43 bits per heavy atom. The first-order valence-electron chi connectivity index (χ1n) is 10.5. The molecule has 1 amide bonds. The number of anilines is 4. The predicted octanol–water partition coefficient (Wildman–Crippen LogP) is 1.83. The van der Waals surface area contributed by atoms with E-state index in [2.05, 4.69) is 25.5 Å². The second kappa shape index (κ2) is 9.25. The smallest absolute Gasteiger partial charge is 0.229 e. The van der Waals surface area contributed by atoms with Gasteiger partial charge >= 0.3 is 0 Å². The third-order valence-corrected chi connectivity index (χ3v) is 5.57. The summed E-state index contributed by atoms with van der Waals surface area (Å²) < 4.78 is 14.2. The second-order valence-corrected chi connectivity index (χ2v) is 7.50. The molecular weight excluding hydrogens is 385 g/mol. The minimum absolute atomic E-state index is 0.216. The molecule has 0 aliphatic carbocycles. The van der Waals surface area contributed by atoms with E-state index in [1.54, 1.807) is 0 Å². The summed E-state index contributed by atoms with van der Waals surface area (Å²) in [5.41, 5.74) is 1.96. The summed E-state index contributed by atoms with van der Waals surface area (Å²) in [5, 5.41) is 6.42. The van der Waals surface area contributed by atoms with Gasteiger partial charge in [-0.2, -0.15) is 4.98 Å². The van der Waals surface area contributed by atoms with Crippen molar-refractivity contribution in [3.05, 3.63) is 36.3 Å². The van der Waals surface area contributed by atoms with E-state index in [-0.39, 0.29) is 5.91 Å². The predicted molar refractivity (Wildman–Crippen MR) is 116 cm³/mol. The van der Waals surface area contributed by atoms with Crippen LogP contribution in [0.25, 0.3) is 0 Å². The molecule has 0 saturated carbocycles. The number of halogens is 1. The van der Waals surface area contributed by atoms with Gasteiger partial charge in [-0.15, -0.1) is 0 Å². The van der Waals surface area contributed by atoms with Crippen molar-refractivity contribution >= 4 is 29.0 Å². The zero-order valence-corrected chi connectivity index (χ0v) is 17.3. The lowest BCUT2D eigenvalue weighted by atomic mass is 10.2. The van der Waals surface area contributed by atoms with Crippen molar-refractivity contribution in [3.8, 4) is 0 Å². The highest BCUT2D eigenvalue weighted by Crippen LogP contribution is 2.23. The molecule has 2 aliphatic rings. The molecule has 1 aromatic carbocycles. The van der Waals surface area contributed by atoms with Crippen LogP contribution in [0.15, 0.2) is 30.5 Å². The number of nitrogens with one attached hydrogen (secondary N) is 2. The van der Waals surface area contributed by atoms with Crippen LogP contribution in [0.4, 0.5) is 27.5 Å². The van der Waals surface area contributed by atoms with E-state index in [9.17, 15) is 9.18 Å². The van der Waals surface area contributed by atoms with Crippen LogP contribution in [0.2, 0.25) is 0 Å². The van der Waals surface area contributed by atoms with Crippen molar-refractivity contribution in [1.29, 1.82) is 0 Å². The van der Waals surface area contributed by atoms with Crippen molar-refractivity contribution in [3.63, 3.8) is 0 Å². The molecule has 3 heterocycles. The molecule has 0 unspecified atom stereocenters. The van der Waals surface area contributed by atoms with Crippen LogP contribution in [0, 0.1) is 5.82 Å². The molecule has 0 bridgehead atoms. The standard InChI is InChI=1S/C21H28FN7O/c1-2-19(30)28-13-11-27(12-14-28)17-5-3-16(4-6-17)25-21-24-15-18(22)20(26-21)29-9-7-23-8-10-29/h3-6,15,23H,2,7-14H2,1H3,(H,24,25,26). The number of nitrogens with zero attached hydrogens (tertiary/aromatic N) is 5. The van der Waals surface area contributed by atoms with E-state index in [4.69, 9.17) is 0 Å². The van der Waals surface area contributed by atoms with Gasteiger partial charge in [0.1, 0.15) is 0 Å². The summed E-state index contributed by atoms with van der Waals surface area (Å²) in [6.07, 6.45) is 1.78. The van der Waals surface area contributed by atoms with Crippen LogP contribution < -0.4 is 20.4 Å². The molecule has 4 rings (SSSR count). The molecule has 9 heteroatoms. The van der Waals surface area contributed by atoms with E-state index in [1.165, 1.54) is 6.20 Å². The quantitative estimate of drug-likeness (QED) is 0.774. The Balaban J connectivity index is 1.39. The summed E-state index contributed by atoms with van der Waals surface area (Å²) in [5.74, 6) is 0.529. The SMILES string of the molecule is CCC(=O)N1CCN(c2ccc(Nc3ncc(F)c(N4CCNCC4)n3)cc2)CC1. The van der Waals surface area contributed by atoms with E-state index < -0.39 is 5.82 Å². The minimum atomic E-state index is -0.404. The van der Waals surface area contributed by atoms with Gasteiger partial charge in [0.25, 0.3) is 0 Å². The fourth-order valence-electron chi connectivity index (χ4n) is 3.84. The summed E-state index contributed by atoms with van der Waals surface area (Å²) >= 11 is 0. The third-order valence-electron chi connectivity index (χ3n) is 5.57. The molecule has 0 spiro atoms. The van der Waals surface area contributed by atoms with Gasteiger partial charge in [-0.1, -0.05) is 6.92 Å².